The Bertz CT molecular complexity index is 932. The number of carbonyl (C=O) groups is 1. The van der Waals surface area contributed by atoms with Gasteiger partial charge in [-0.3, -0.25) is 9.59 Å². The van der Waals surface area contributed by atoms with Crippen LogP contribution in [0.1, 0.15) is 11.1 Å². The zero-order chi connectivity index (χ0) is 17.4. The van der Waals surface area contributed by atoms with Gasteiger partial charge in [-0.05, 0) is 31.5 Å². The van der Waals surface area contributed by atoms with Crippen LogP contribution in [0.15, 0.2) is 23.0 Å². The average Bonchev–Trinajstić information content (AvgIpc) is 2.43. The Morgan fingerprint density at radius 1 is 1.26 bits per heavy atom. The lowest BCUT2D eigenvalue weighted by molar-refractivity contribution is -0.116. The highest BCUT2D eigenvalue weighted by Crippen LogP contribution is 2.20. The van der Waals surface area contributed by atoms with Crippen LogP contribution >= 0.6 is 0 Å². The minimum atomic E-state index is -3.42. The molecule has 2 aromatic rings. The highest BCUT2D eigenvalue weighted by molar-refractivity contribution is 7.88. The molecular weight excluding hydrogens is 318 g/mol. The molecule has 0 fully saturated rings. The number of rotatable bonds is 4. The van der Waals surface area contributed by atoms with E-state index >= 15 is 0 Å². The molecule has 0 aliphatic carbocycles. The number of benzene rings is 1. The largest absolute Gasteiger partial charge is 0.325 e. The van der Waals surface area contributed by atoms with Crippen molar-refractivity contribution in [2.24, 2.45) is 0 Å². The van der Waals surface area contributed by atoms with Gasteiger partial charge in [-0.1, -0.05) is 6.07 Å². The second-order valence-electron chi connectivity index (χ2n) is 5.53. The number of aryl methyl sites for hydroxylation is 1. The first kappa shape index (κ1) is 17.2. The Hall–Kier alpha value is -2.19. The maximum atomic E-state index is 11.9. The van der Waals surface area contributed by atoms with E-state index < -0.39 is 15.9 Å². The molecule has 0 saturated carbocycles. The van der Waals surface area contributed by atoms with Gasteiger partial charge in [0, 0.05) is 23.7 Å². The van der Waals surface area contributed by atoms with Crippen molar-refractivity contribution in [1.82, 2.24) is 9.29 Å². The lowest BCUT2D eigenvalue weighted by Crippen LogP contribution is -2.34. The molecular formula is C15H19N3O4S. The third kappa shape index (κ3) is 3.77. The molecule has 0 bridgehead atoms. The van der Waals surface area contributed by atoms with Gasteiger partial charge in [0.2, 0.25) is 15.9 Å². The standard InChI is InChI=1S/C15H19N3O4S/c1-9-10(2)15(20)17-13-7-11(5-6-12(9)13)16-14(19)8-18(3)23(4,21)22/h5-7H,8H2,1-4H3,(H,16,19)(H,17,20). The van der Waals surface area contributed by atoms with Crippen LogP contribution in [0.4, 0.5) is 5.69 Å². The van der Waals surface area contributed by atoms with Crippen LogP contribution in [0.2, 0.25) is 0 Å². The maximum Gasteiger partial charge on any atom is 0.251 e. The molecule has 7 nitrogen and oxygen atoms in total. The number of nitrogens with zero attached hydrogens (tertiary/aromatic N) is 1. The SMILES string of the molecule is Cc1c(C)c2ccc(NC(=O)CN(C)S(C)(=O)=O)cc2[nH]c1=O. The van der Waals surface area contributed by atoms with Crippen molar-refractivity contribution in [3.8, 4) is 0 Å². The van der Waals surface area contributed by atoms with E-state index in [1.807, 2.05) is 13.0 Å². The van der Waals surface area contributed by atoms with Crippen molar-refractivity contribution in [2.45, 2.75) is 13.8 Å². The maximum absolute atomic E-state index is 11.9. The van der Waals surface area contributed by atoms with Crippen LogP contribution in [0.5, 0.6) is 0 Å². The number of anilines is 1. The molecule has 1 aromatic carbocycles. The van der Waals surface area contributed by atoms with Crippen LogP contribution in [0.3, 0.4) is 0 Å². The molecule has 0 radical (unpaired) electrons. The molecule has 8 heteroatoms. The summed E-state index contributed by atoms with van der Waals surface area (Å²) in [5.41, 5.74) is 2.48. The Labute approximate surface area is 134 Å². The number of H-pyrrole nitrogens is 1. The van der Waals surface area contributed by atoms with Crippen LogP contribution < -0.4 is 10.9 Å². The van der Waals surface area contributed by atoms with Gasteiger partial charge < -0.3 is 10.3 Å². The zero-order valence-corrected chi connectivity index (χ0v) is 14.2. The van der Waals surface area contributed by atoms with Crippen LogP contribution in [0.25, 0.3) is 10.9 Å². The number of hydrogen-bond donors (Lipinski definition) is 2. The van der Waals surface area contributed by atoms with E-state index in [0.29, 0.717) is 16.8 Å². The summed E-state index contributed by atoms with van der Waals surface area (Å²) in [4.78, 5) is 26.5. The number of amides is 1. The molecule has 1 heterocycles. The Balaban J connectivity index is 2.27. The first-order chi connectivity index (χ1) is 10.6. The lowest BCUT2D eigenvalue weighted by atomic mass is 10.1. The van der Waals surface area contributed by atoms with E-state index in [-0.39, 0.29) is 12.1 Å². The first-order valence-electron chi connectivity index (χ1n) is 6.94. The van der Waals surface area contributed by atoms with Crippen molar-refractivity contribution in [2.75, 3.05) is 25.2 Å². The summed E-state index contributed by atoms with van der Waals surface area (Å²) in [5, 5.41) is 3.52. The topological polar surface area (TPSA) is 99.3 Å². The monoisotopic (exact) mass is 337 g/mol. The van der Waals surface area contributed by atoms with Crippen LogP contribution in [-0.4, -0.2) is 43.5 Å². The van der Waals surface area contributed by atoms with Gasteiger partial charge >= 0.3 is 0 Å². The second-order valence-corrected chi connectivity index (χ2v) is 7.62. The number of carbonyl (C=O) groups excluding carboxylic acids is 1. The quantitative estimate of drug-likeness (QED) is 0.868. The van der Waals surface area contributed by atoms with Crippen molar-refractivity contribution in [3.05, 3.63) is 39.7 Å². The number of pyridine rings is 1. The summed E-state index contributed by atoms with van der Waals surface area (Å²) in [6.07, 6.45) is 1.03. The minimum absolute atomic E-state index is 0.171. The molecule has 1 amide bonds. The second kappa shape index (κ2) is 6.13. The molecule has 2 N–H and O–H groups in total. The average molecular weight is 337 g/mol. The summed E-state index contributed by atoms with van der Waals surface area (Å²) >= 11 is 0. The number of hydrogen-bond acceptors (Lipinski definition) is 4. The molecule has 23 heavy (non-hydrogen) atoms. The molecule has 0 aliphatic rings. The van der Waals surface area contributed by atoms with Crippen molar-refractivity contribution >= 4 is 32.5 Å². The van der Waals surface area contributed by atoms with Gasteiger partial charge in [-0.2, -0.15) is 4.31 Å². The van der Waals surface area contributed by atoms with Gasteiger partial charge in [-0.25, -0.2) is 8.42 Å². The summed E-state index contributed by atoms with van der Waals surface area (Å²) in [6, 6.07) is 5.18. The highest BCUT2D eigenvalue weighted by Gasteiger charge is 2.15. The predicted octanol–water partition coefficient (Wildman–Crippen LogP) is 0.975. The normalized spacial score (nSPS) is 11.9. The fourth-order valence-corrected chi connectivity index (χ4v) is 2.51. The van der Waals surface area contributed by atoms with Crippen LogP contribution in [0, 0.1) is 13.8 Å². The molecule has 0 atom stereocenters. The van der Waals surface area contributed by atoms with Gasteiger partial charge in [0.1, 0.15) is 0 Å². The number of aromatic amines is 1. The summed E-state index contributed by atoms with van der Waals surface area (Å²) in [5.74, 6) is -0.455. The number of aromatic nitrogens is 1. The van der Waals surface area contributed by atoms with E-state index in [1.165, 1.54) is 7.05 Å². The summed E-state index contributed by atoms with van der Waals surface area (Å²) in [7, 11) is -2.08. The molecule has 2 rings (SSSR count). The number of fused-ring (bicyclic) bond motifs is 1. The molecule has 0 spiro atoms. The highest BCUT2D eigenvalue weighted by atomic mass is 32.2. The van der Waals surface area contributed by atoms with Gasteiger partial charge in [0.05, 0.1) is 18.3 Å². The molecule has 0 aliphatic heterocycles. The number of sulfonamides is 1. The van der Waals surface area contributed by atoms with Crippen molar-refractivity contribution in [1.29, 1.82) is 0 Å². The van der Waals surface area contributed by atoms with E-state index in [9.17, 15) is 18.0 Å². The Morgan fingerprint density at radius 2 is 1.91 bits per heavy atom. The fraction of sp³-hybridized carbons (Fsp3) is 0.333. The smallest absolute Gasteiger partial charge is 0.251 e. The predicted molar refractivity (Wildman–Crippen MR) is 90.1 cm³/mol. The molecule has 124 valence electrons. The minimum Gasteiger partial charge on any atom is -0.325 e. The van der Waals surface area contributed by atoms with Crippen molar-refractivity contribution < 1.29 is 13.2 Å². The summed E-state index contributed by atoms with van der Waals surface area (Å²) < 4.78 is 23.6. The van der Waals surface area contributed by atoms with E-state index in [1.54, 1.807) is 19.1 Å². The van der Waals surface area contributed by atoms with Gasteiger partial charge in [0.15, 0.2) is 0 Å². The third-order valence-electron chi connectivity index (χ3n) is 3.79. The van der Waals surface area contributed by atoms with E-state index in [2.05, 4.69) is 10.3 Å². The molecule has 1 aromatic heterocycles. The van der Waals surface area contributed by atoms with Crippen molar-refractivity contribution in [3.63, 3.8) is 0 Å². The first-order valence-corrected chi connectivity index (χ1v) is 8.79. The van der Waals surface area contributed by atoms with E-state index in [0.717, 1.165) is 21.5 Å². The zero-order valence-electron chi connectivity index (χ0n) is 13.4. The Morgan fingerprint density at radius 3 is 2.52 bits per heavy atom. The third-order valence-corrected chi connectivity index (χ3v) is 5.05. The summed E-state index contributed by atoms with van der Waals surface area (Å²) in [6.45, 7) is 3.34. The molecule has 0 unspecified atom stereocenters. The van der Waals surface area contributed by atoms with Crippen LogP contribution in [-0.2, 0) is 14.8 Å². The number of nitrogens with one attached hydrogen (secondary N) is 2. The fourth-order valence-electron chi connectivity index (χ4n) is 2.16. The van der Waals surface area contributed by atoms with Gasteiger partial charge in [-0.15, -0.1) is 0 Å². The molecule has 0 saturated heterocycles. The van der Waals surface area contributed by atoms with Gasteiger partial charge in [0.25, 0.3) is 5.56 Å². The van der Waals surface area contributed by atoms with E-state index in [4.69, 9.17) is 0 Å². The Kier molecular flexibility index (Phi) is 4.58. The number of likely N-dealkylation sites (N-methyl/N-ethyl adjacent to an activating group) is 1. The lowest BCUT2D eigenvalue weighted by Gasteiger charge is -2.14.